The Hall–Kier alpha value is -3.61. The van der Waals surface area contributed by atoms with Crippen LogP contribution in [-0.2, 0) is 18.0 Å². The number of rotatable bonds is 6. The number of nitrogens with two attached hydrogens (primary N) is 1. The molecule has 11 nitrogen and oxygen atoms in total. The standard InChI is InChI=1S/C35H41F2N9O2S.C2H6/c1-18(47)11-44-12-19-5-6-20(13-44)46(19)33-28-23-15-48-14-22(23)26(30-27-21(9-38)25(39)16-49-32(27)24(36)10-40-30)29(37)31(28)41-34(42-33)45-8-7-35(2,17-45)43(3)4;1-2/h10,18-20,47H,5-8,11-17,39H2,1-4H3;1-2H3. The van der Waals surface area contributed by atoms with Crippen LogP contribution in [-0.4, -0.2) is 106 Å². The molecule has 0 aliphatic carbocycles. The second-order valence-electron chi connectivity index (χ2n) is 14.6. The van der Waals surface area contributed by atoms with E-state index in [2.05, 4.69) is 51.7 Å². The van der Waals surface area contributed by atoms with Crippen molar-refractivity contribution in [2.75, 3.05) is 62.4 Å². The summed E-state index contributed by atoms with van der Waals surface area (Å²) in [5.74, 6) is 0.266. The number of aromatic nitrogens is 3. The van der Waals surface area contributed by atoms with Crippen molar-refractivity contribution in [3.05, 3.63) is 40.2 Å². The van der Waals surface area contributed by atoms with E-state index in [0.29, 0.717) is 41.5 Å². The van der Waals surface area contributed by atoms with E-state index in [9.17, 15) is 10.4 Å². The number of allylic oxidation sites excluding steroid dienone is 1. The third-order valence-electron chi connectivity index (χ3n) is 11.2. The molecule has 5 aliphatic rings. The first kappa shape index (κ1) is 35.8. The maximum atomic E-state index is 17.6. The number of benzene rings is 1. The van der Waals surface area contributed by atoms with Crippen molar-refractivity contribution in [2.45, 2.75) is 88.8 Å². The number of halogens is 2. The van der Waals surface area contributed by atoms with E-state index in [1.165, 1.54) is 11.8 Å². The van der Waals surface area contributed by atoms with Gasteiger partial charge in [0, 0.05) is 72.9 Å². The average molecular weight is 720 g/mol. The molecule has 0 saturated carbocycles. The molecule has 0 amide bonds. The lowest BCUT2D eigenvalue weighted by Gasteiger charge is -2.43. The second-order valence-corrected chi connectivity index (χ2v) is 15.6. The van der Waals surface area contributed by atoms with Crippen molar-refractivity contribution in [1.82, 2.24) is 24.8 Å². The van der Waals surface area contributed by atoms with Gasteiger partial charge in [0.25, 0.3) is 0 Å². The zero-order valence-electron chi connectivity index (χ0n) is 30.3. The van der Waals surface area contributed by atoms with Crippen LogP contribution in [0.2, 0.25) is 0 Å². The summed E-state index contributed by atoms with van der Waals surface area (Å²) >= 11 is 1.18. The third kappa shape index (κ3) is 5.91. The molecular weight excluding hydrogens is 673 g/mol. The zero-order chi connectivity index (χ0) is 36.4. The van der Waals surface area contributed by atoms with Gasteiger partial charge in [-0.3, -0.25) is 9.88 Å². The molecule has 3 saturated heterocycles. The summed E-state index contributed by atoms with van der Waals surface area (Å²) in [4.78, 5) is 24.0. The molecule has 3 aromatic rings. The molecule has 14 heteroatoms. The molecule has 5 aliphatic heterocycles. The van der Waals surface area contributed by atoms with Gasteiger partial charge in [0.15, 0.2) is 11.6 Å². The number of aliphatic hydroxyl groups excluding tert-OH is 1. The van der Waals surface area contributed by atoms with Crippen molar-refractivity contribution in [3.63, 3.8) is 0 Å². The predicted molar refractivity (Wildman–Crippen MR) is 196 cm³/mol. The molecule has 3 fully saturated rings. The first-order valence-corrected chi connectivity index (χ1v) is 18.9. The van der Waals surface area contributed by atoms with Crippen LogP contribution in [0.15, 0.2) is 16.8 Å². The fourth-order valence-electron chi connectivity index (χ4n) is 8.46. The van der Waals surface area contributed by atoms with Gasteiger partial charge < -0.3 is 30.3 Å². The Labute approximate surface area is 302 Å². The molecule has 7 heterocycles. The monoisotopic (exact) mass is 719 g/mol. The number of β-amino-alcohol motifs (C(OH)–C–C–N with tert-alkyl or cyclic N) is 1. The van der Waals surface area contributed by atoms with Gasteiger partial charge >= 0.3 is 0 Å². The minimum atomic E-state index is -0.591. The minimum absolute atomic E-state index is 0.103. The lowest BCUT2D eigenvalue weighted by molar-refractivity contribution is 0.111. The van der Waals surface area contributed by atoms with Crippen molar-refractivity contribution >= 4 is 40.0 Å². The largest absolute Gasteiger partial charge is 0.400 e. The average Bonchev–Trinajstić information content (AvgIpc) is 3.82. The summed E-state index contributed by atoms with van der Waals surface area (Å²) in [6.07, 6.45) is 3.51. The molecule has 51 heavy (non-hydrogen) atoms. The lowest BCUT2D eigenvalue weighted by Crippen LogP contribution is -2.55. The molecule has 3 N–H and O–H groups in total. The number of piperazine rings is 1. The molecule has 2 aromatic heterocycles. The normalized spacial score (nSPS) is 24.9. The second kappa shape index (κ2) is 13.7. The summed E-state index contributed by atoms with van der Waals surface area (Å²) < 4.78 is 38.8. The Morgan fingerprint density at radius 1 is 1.16 bits per heavy atom. The van der Waals surface area contributed by atoms with Gasteiger partial charge in [-0.15, -0.1) is 11.8 Å². The van der Waals surface area contributed by atoms with Crippen LogP contribution >= 0.6 is 11.8 Å². The number of nitriles is 1. The number of fused-ring (bicyclic) bond motifs is 6. The number of ether oxygens (including phenoxy) is 1. The van der Waals surface area contributed by atoms with Gasteiger partial charge in [-0.05, 0) is 58.3 Å². The van der Waals surface area contributed by atoms with Crippen molar-refractivity contribution < 1.29 is 18.6 Å². The fraction of sp³-hybridized carbons (Fsp3) is 0.568. The maximum absolute atomic E-state index is 17.6. The quantitative estimate of drug-likeness (QED) is 0.360. The predicted octanol–water partition coefficient (Wildman–Crippen LogP) is 4.89. The molecular formula is C37H47F2N9O2S. The van der Waals surface area contributed by atoms with Crippen molar-refractivity contribution in [3.8, 4) is 17.3 Å². The fourth-order valence-corrected chi connectivity index (χ4v) is 9.44. The first-order chi connectivity index (χ1) is 24.5. The maximum Gasteiger partial charge on any atom is 0.228 e. The van der Waals surface area contributed by atoms with Gasteiger partial charge in [-0.1, -0.05) is 13.8 Å². The minimum Gasteiger partial charge on any atom is -0.400 e. The van der Waals surface area contributed by atoms with E-state index in [0.717, 1.165) is 50.7 Å². The highest BCUT2D eigenvalue weighted by atomic mass is 32.2. The Bertz CT molecular complexity index is 1940. The van der Waals surface area contributed by atoms with Gasteiger partial charge in [-0.2, -0.15) is 10.2 Å². The number of hydrogen-bond donors (Lipinski definition) is 2. The lowest BCUT2D eigenvalue weighted by atomic mass is 9.91. The molecule has 2 bridgehead atoms. The Morgan fingerprint density at radius 2 is 1.86 bits per heavy atom. The zero-order valence-corrected chi connectivity index (χ0v) is 31.1. The smallest absolute Gasteiger partial charge is 0.228 e. The van der Waals surface area contributed by atoms with E-state index < -0.39 is 17.7 Å². The van der Waals surface area contributed by atoms with Crippen molar-refractivity contribution in [1.29, 1.82) is 5.26 Å². The number of likely N-dealkylation sites (N-methyl/N-ethyl adjacent to an activating group) is 1. The topological polar surface area (TPSA) is 131 Å². The Kier molecular flexibility index (Phi) is 9.64. The van der Waals surface area contributed by atoms with Gasteiger partial charge in [0.05, 0.1) is 47.1 Å². The van der Waals surface area contributed by atoms with E-state index in [4.69, 9.17) is 20.4 Å². The number of aliphatic hydroxyl groups is 1. The number of thioether (sulfide) groups is 1. The van der Waals surface area contributed by atoms with E-state index in [1.54, 1.807) is 0 Å². The molecule has 272 valence electrons. The highest BCUT2D eigenvalue weighted by molar-refractivity contribution is 7.99. The summed E-state index contributed by atoms with van der Waals surface area (Å²) in [6.45, 7) is 11.9. The van der Waals surface area contributed by atoms with Crippen LogP contribution < -0.4 is 15.5 Å². The Morgan fingerprint density at radius 3 is 2.51 bits per heavy atom. The van der Waals surface area contributed by atoms with Gasteiger partial charge in [0.1, 0.15) is 17.4 Å². The number of likely N-dealkylation sites (tertiary alicyclic amines) is 1. The third-order valence-corrected chi connectivity index (χ3v) is 12.3. The summed E-state index contributed by atoms with van der Waals surface area (Å²) in [5, 5.41) is 20.9. The summed E-state index contributed by atoms with van der Waals surface area (Å²) in [5.41, 5.74) is 8.68. The molecule has 4 unspecified atom stereocenters. The first-order valence-electron chi connectivity index (χ1n) is 17.9. The SMILES string of the molecule is CC.CC(O)CN1CC2CCC(C1)N2c1nc(N2CCC(C)(N(C)C)C2)nc2c(F)c(-c3ncc(F)c4c3C(C#N)=C(N)CS4)c3c(c12)COC3. The van der Waals surface area contributed by atoms with Crippen LogP contribution in [0.3, 0.4) is 0 Å². The van der Waals surface area contributed by atoms with Crippen LogP contribution in [0.1, 0.15) is 63.6 Å². The number of nitrogens with zero attached hydrogens (tertiary/aromatic N) is 8. The van der Waals surface area contributed by atoms with Crippen LogP contribution in [0.25, 0.3) is 27.7 Å². The molecule has 4 atom stereocenters. The molecule has 0 radical (unpaired) electrons. The van der Waals surface area contributed by atoms with Crippen molar-refractivity contribution in [2.24, 2.45) is 5.73 Å². The number of pyridine rings is 1. The Balaban J connectivity index is 0.00000200. The van der Waals surface area contributed by atoms with E-state index in [1.807, 2.05) is 20.8 Å². The van der Waals surface area contributed by atoms with E-state index >= 15 is 8.78 Å². The molecule has 8 rings (SSSR count). The number of hydrogen-bond acceptors (Lipinski definition) is 12. The molecule has 1 aromatic carbocycles. The van der Waals surface area contributed by atoms with Gasteiger partial charge in [-0.25, -0.2) is 13.8 Å². The molecule has 0 spiro atoms. The highest BCUT2D eigenvalue weighted by Crippen LogP contribution is 2.49. The van der Waals surface area contributed by atoms with Crippen LogP contribution in [0.5, 0.6) is 0 Å². The van der Waals surface area contributed by atoms with Crippen LogP contribution in [0.4, 0.5) is 20.5 Å². The highest BCUT2D eigenvalue weighted by Gasteiger charge is 2.44. The summed E-state index contributed by atoms with van der Waals surface area (Å²) in [7, 11) is 4.14. The van der Waals surface area contributed by atoms with Gasteiger partial charge in [0.2, 0.25) is 5.95 Å². The number of anilines is 2. The summed E-state index contributed by atoms with van der Waals surface area (Å²) in [6, 6.07) is 2.42. The van der Waals surface area contributed by atoms with E-state index in [-0.39, 0.29) is 69.4 Å². The van der Waals surface area contributed by atoms with Crippen LogP contribution in [0, 0.1) is 23.0 Å².